The Kier molecular flexibility index (Phi) is 7.52. The third-order valence-electron chi connectivity index (χ3n) is 6.26. The summed E-state index contributed by atoms with van der Waals surface area (Å²) < 4.78 is 7.42. The Labute approximate surface area is 222 Å². The number of rotatable bonds is 6. The highest BCUT2D eigenvalue weighted by molar-refractivity contribution is 6.07. The number of hydrogen-bond donors (Lipinski definition) is 3. The quantitative estimate of drug-likeness (QED) is 0.390. The van der Waals surface area contributed by atoms with Crippen molar-refractivity contribution in [1.82, 2.24) is 19.7 Å². The minimum atomic E-state index is -0.561. The molecular weight excluding hydrogens is 482 g/mol. The average molecular weight is 518 g/mol. The fourth-order valence-electron chi connectivity index (χ4n) is 4.50. The monoisotopic (exact) mass is 517 g/mol. The summed E-state index contributed by atoms with van der Waals surface area (Å²) in [5, 5.41) is 19.4. The van der Waals surface area contributed by atoms with Crippen molar-refractivity contribution >= 4 is 29.3 Å². The summed E-state index contributed by atoms with van der Waals surface area (Å²) in [6.45, 7) is 10.3. The molecule has 1 saturated heterocycles. The Balaban J connectivity index is 1.59. The topological polar surface area (TPSA) is 125 Å². The van der Waals surface area contributed by atoms with Gasteiger partial charge in [-0.3, -0.25) is 4.79 Å². The number of aromatic nitrogens is 3. The van der Waals surface area contributed by atoms with Crippen LogP contribution in [0.3, 0.4) is 0 Å². The van der Waals surface area contributed by atoms with E-state index in [9.17, 15) is 9.59 Å². The molecule has 200 valence electrons. The molecule has 0 spiro atoms. The van der Waals surface area contributed by atoms with Gasteiger partial charge in [0.25, 0.3) is 5.91 Å². The lowest BCUT2D eigenvalue weighted by atomic mass is 10.0. The van der Waals surface area contributed by atoms with E-state index >= 15 is 0 Å². The lowest BCUT2D eigenvalue weighted by molar-refractivity contribution is 0.0288. The van der Waals surface area contributed by atoms with Crippen LogP contribution in [-0.4, -0.2) is 63.1 Å². The highest BCUT2D eigenvalue weighted by Gasteiger charge is 2.33. The van der Waals surface area contributed by atoms with Gasteiger partial charge in [0.2, 0.25) is 0 Å². The van der Waals surface area contributed by atoms with Crippen LogP contribution in [0.15, 0.2) is 42.6 Å². The third-order valence-corrected chi connectivity index (χ3v) is 6.26. The molecule has 0 bridgehead atoms. The Morgan fingerprint density at radius 1 is 1.16 bits per heavy atom. The fourth-order valence-corrected chi connectivity index (χ4v) is 4.50. The number of hydrogen-bond acceptors (Lipinski definition) is 7. The predicted octanol–water partition coefficient (Wildman–Crippen LogP) is 5.12. The summed E-state index contributed by atoms with van der Waals surface area (Å²) >= 11 is 0. The zero-order valence-corrected chi connectivity index (χ0v) is 22.8. The molecule has 0 radical (unpaired) electrons. The van der Waals surface area contributed by atoms with Crippen LogP contribution < -0.4 is 10.6 Å². The van der Waals surface area contributed by atoms with E-state index in [1.807, 2.05) is 56.6 Å². The van der Waals surface area contributed by atoms with Crippen LogP contribution in [0.5, 0.6) is 0 Å². The number of amides is 2. The van der Waals surface area contributed by atoms with Crippen molar-refractivity contribution < 1.29 is 14.3 Å². The lowest BCUT2D eigenvalue weighted by Crippen LogP contribution is -2.35. The van der Waals surface area contributed by atoms with Gasteiger partial charge in [-0.1, -0.05) is 12.1 Å². The molecule has 1 unspecified atom stereocenters. The molecule has 4 rings (SSSR count). The van der Waals surface area contributed by atoms with Crippen molar-refractivity contribution in [2.75, 3.05) is 30.8 Å². The highest BCUT2D eigenvalue weighted by Crippen LogP contribution is 2.34. The highest BCUT2D eigenvalue weighted by atomic mass is 16.6. The fraction of sp³-hybridized carbons (Fsp3) is 0.393. The summed E-state index contributed by atoms with van der Waals surface area (Å²) in [5.74, 6) is 0.957. The predicted molar refractivity (Wildman–Crippen MR) is 148 cm³/mol. The second kappa shape index (κ2) is 10.6. The summed E-state index contributed by atoms with van der Waals surface area (Å²) in [4.78, 5) is 31.2. The van der Waals surface area contributed by atoms with E-state index < -0.39 is 5.60 Å². The molecular formula is C28H35N7O3. The summed E-state index contributed by atoms with van der Waals surface area (Å²) in [5.41, 5.74) is 3.41. The molecule has 0 aliphatic carbocycles. The Morgan fingerprint density at radius 3 is 2.47 bits per heavy atom. The standard InChI is InChI=1S/C28H35N7O3/c1-17-11-13-31-22(15-17)32-26(36)20-9-7-19(8-10-20)24-23(18(2)29)25(30-6)35(33-24)21-12-14-34(16-21)27(37)38-28(3,4)5/h7-11,13,15,21,29-30H,12,14,16H2,1-6H3,(H,31,32,36). The molecule has 3 aromatic rings. The number of aryl methyl sites for hydroxylation is 1. The molecule has 1 fully saturated rings. The largest absolute Gasteiger partial charge is 0.444 e. The molecule has 1 aromatic carbocycles. The maximum atomic E-state index is 12.7. The van der Waals surface area contributed by atoms with Crippen molar-refractivity contribution in [2.45, 2.75) is 52.7 Å². The van der Waals surface area contributed by atoms with E-state index in [1.54, 1.807) is 37.2 Å². The number of pyridine rings is 1. The van der Waals surface area contributed by atoms with Crippen LogP contribution in [-0.2, 0) is 4.74 Å². The minimum Gasteiger partial charge on any atom is -0.444 e. The van der Waals surface area contributed by atoms with Gasteiger partial charge in [0, 0.05) is 43.2 Å². The number of ether oxygens (including phenoxy) is 1. The van der Waals surface area contributed by atoms with Crippen LogP contribution in [0.1, 0.15) is 61.6 Å². The molecule has 1 aliphatic rings. The Hall–Kier alpha value is -4.21. The van der Waals surface area contributed by atoms with Gasteiger partial charge >= 0.3 is 6.09 Å². The van der Waals surface area contributed by atoms with Gasteiger partial charge in [0.1, 0.15) is 22.9 Å². The van der Waals surface area contributed by atoms with Gasteiger partial charge in [-0.05, 0) is 70.9 Å². The molecule has 2 amide bonds. The first kappa shape index (κ1) is 26.8. The van der Waals surface area contributed by atoms with Crippen LogP contribution in [0.4, 0.5) is 16.4 Å². The van der Waals surface area contributed by atoms with Crippen LogP contribution in [0, 0.1) is 12.3 Å². The molecule has 1 atom stereocenters. The normalized spacial score (nSPS) is 15.3. The van der Waals surface area contributed by atoms with E-state index in [0.29, 0.717) is 41.4 Å². The van der Waals surface area contributed by atoms with Gasteiger partial charge in [-0.2, -0.15) is 5.10 Å². The van der Waals surface area contributed by atoms with Crippen molar-refractivity contribution in [3.8, 4) is 11.3 Å². The third kappa shape index (κ3) is 5.85. The SMILES string of the molecule is CNc1c(C(C)=N)c(-c2ccc(C(=O)Nc3cc(C)ccn3)cc2)nn1C1CCN(C(=O)OC(C)(C)C)C1. The lowest BCUT2D eigenvalue weighted by Gasteiger charge is -2.24. The van der Waals surface area contributed by atoms with E-state index in [2.05, 4.69) is 15.6 Å². The summed E-state index contributed by atoms with van der Waals surface area (Å²) in [6.07, 6.45) is 2.04. The minimum absolute atomic E-state index is 0.0660. The number of carbonyl (C=O) groups excluding carboxylic acids is 2. The number of nitrogens with zero attached hydrogens (tertiary/aromatic N) is 4. The molecule has 10 nitrogen and oxygen atoms in total. The van der Waals surface area contributed by atoms with E-state index in [4.69, 9.17) is 15.2 Å². The van der Waals surface area contributed by atoms with Gasteiger partial charge in [-0.25, -0.2) is 14.5 Å². The maximum absolute atomic E-state index is 12.7. The number of likely N-dealkylation sites (tertiary alicyclic amines) is 1. The number of nitrogens with one attached hydrogen (secondary N) is 3. The molecule has 0 saturated carbocycles. The Bertz CT molecular complexity index is 1360. The second-order valence-corrected chi connectivity index (χ2v) is 10.5. The van der Waals surface area contributed by atoms with Gasteiger partial charge in [0.05, 0.1) is 11.6 Å². The van der Waals surface area contributed by atoms with E-state index in [0.717, 1.165) is 23.4 Å². The smallest absolute Gasteiger partial charge is 0.410 e. The zero-order chi connectivity index (χ0) is 27.6. The first-order chi connectivity index (χ1) is 18.0. The van der Waals surface area contributed by atoms with E-state index in [1.165, 1.54) is 0 Å². The van der Waals surface area contributed by atoms with Crippen molar-refractivity contribution in [1.29, 1.82) is 5.41 Å². The number of benzene rings is 1. The zero-order valence-electron chi connectivity index (χ0n) is 22.8. The van der Waals surface area contributed by atoms with Crippen molar-refractivity contribution in [3.63, 3.8) is 0 Å². The molecule has 10 heteroatoms. The van der Waals surface area contributed by atoms with Gasteiger partial charge < -0.3 is 25.7 Å². The molecule has 38 heavy (non-hydrogen) atoms. The molecule has 1 aliphatic heterocycles. The van der Waals surface area contributed by atoms with Crippen molar-refractivity contribution in [3.05, 3.63) is 59.3 Å². The molecule has 3 N–H and O–H groups in total. The second-order valence-electron chi connectivity index (χ2n) is 10.5. The van der Waals surface area contributed by atoms with Gasteiger partial charge in [-0.15, -0.1) is 0 Å². The molecule has 2 aromatic heterocycles. The number of anilines is 2. The number of carbonyl (C=O) groups is 2. The summed E-state index contributed by atoms with van der Waals surface area (Å²) in [7, 11) is 1.80. The maximum Gasteiger partial charge on any atom is 0.410 e. The Morgan fingerprint density at radius 2 is 1.87 bits per heavy atom. The van der Waals surface area contributed by atoms with E-state index in [-0.39, 0.29) is 18.0 Å². The van der Waals surface area contributed by atoms with Gasteiger partial charge in [0.15, 0.2) is 0 Å². The first-order valence-corrected chi connectivity index (χ1v) is 12.6. The van der Waals surface area contributed by atoms with Crippen LogP contribution >= 0.6 is 0 Å². The summed E-state index contributed by atoms with van der Waals surface area (Å²) in [6, 6.07) is 10.8. The van der Waals surface area contributed by atoms with Crippen LogP contribution in [0.2, 0.25) is 0 Å². The van der Waals surface area contributed by atoms with Crippen molar-refractivity contribution in [2.24, 2.45) is 0 Å². The van der Waals surface area contributed by atoms with Crippen LogP contribution in [0.25, 0.3) is 11.3 Å². The first-order valence-electron chi connectivity index (χ1n) is 12.6. The molecule has 3 heterocycles. The average Bonchev–Trinajstić information content (AvgIpc) is 3.48.